The number of benzene rings is 3. The Balaban J connectivity index is 1.51. The molecule has 4 heteroatoms. The number of carbonyl (C=O) groups excluding carboxylic acids is 2. The summed E-state index contributed by atoms with van der Waals surface area (Å²) in [6, 6.07) is 22.5. The van der Waals surface area contributed by atoms with E-state index in [-0.39, 0.29) is 31.5 Å². The second-order valence-corrected chi connectivity index (χ2v) is 12.0. The molecule has 2 aromatic heterocycles. The van der Waals surface area contributed by atoms with Crippen LogP contribution in [-0.2, 0) is 5.41 Å². The average molecular weight is 506 g/mol. The van der Waals surface area contributed by atoms with Gasteiger partial charge in [-0.2, -0.15) is 0 Å². The summed E-state index contributed by atoms with van der Waals surface area (Å²) in [6.45, 7) is 6.75. The van der Waals surface area contributed by atoms with Gasteiger partial charge in [0.1, 0.15) is 0 Å². The number of hydrogen-bond donors (Lipinski definition) is 0. The number of allylic oxidation sites excluding steroid dienone is 1. The molecule has 0 fully saturated rings. The van der Waals surface area contributed by atoms with Gasteiger partial charge in [-0.15, -0.1) is 0 Å². The van der Waals surface area contributed by atoms with Crippen molar-refractivity contribution >= 4 is 54.0 Å². The first-order valence-corrected chi connectivity index (χ1v) is 13.2. The summed E-state index contributed by atoms with van der Waals surface area (Å²) in [5.74, 6) is -0.316. The third-order valence-corrected chi connectivity index (χ3v) is 9.72. The maximum absolute atomic E-state index is 13.0. The van der Waals surface area contributed by atoms with Gasteiger partial charge in [0.05, 0.1) is 0 Å². The fourth-order valence-corrected chi connectivity index (χ4v) is 8.44. The van der Waals surface area contributed by atoms with Crippen LogP contribution >= 0.6 is 0 Å². The van der Waals surface area contributed by atoms with Gasteiger partial charge >= 0.3 is 203 Å². The minimum atomic E-state index is -0.165. The number of nitrogens with zero attached hydrogens (tertiary/aromatic N) is 1. The summed E-state index contributed by atoms with van der Waals surface area (Å²) < 4.78 is 4.85. The fourth-order valence-electron chi connectivity index (χ4n) is 5.77. The third-order valence-electron chi connectivity index (χ3n) is 7.48. The maximum atomic E-state index is 13.0. The molecule has 164 valence electrons. The van der Waals surface area contributed by atoms with Gasteiger partial charge in [0.25, 0.3) is 0 Å². The Hall–Kier alpha value is -3.46. The zero-order valence-corrected chi connectivity index (χ0v) is 20.8. The quantitative estimate of drug-likeness (QED) is 0.153. The Bertz CT molecular complexity index is 1740. The van der Waals surface area contributed by atoms with Gasteiger partial charge in [-0.05, 0) is 0 Å². The first kappa shape index (κ1) is 20.0. The number of rotatable bonds is 1. The molecule has 0 atom stereocenters. The van der Waals surface area contributed by atoms with Crippen molar-refractivity contribution < 1.29 is 9.59 Å². The van der Waals surface area contributed by atoms with E-state index in [1.165, 1.54) is 43.1 Å². The molecule has 2 aliphatic rings. The van der Waals surface area contributed by atoms with Crippen molar-refractivity contribution in [1.29, 1.82) is 0 Å². The van der Waals surface area contributed by atoms with Gasteiger partial charge in [0, 0.05) is 0 Å². The van der Waals surface area contributed by atoms with E-state index in [1.54, 1.807) is 12.1 Å². The van der Waals surface area contributed by atoms with Crippen LogP contribution in [0.4, 0.5) is 0 Å². The van der Waals surface area contributed by atoms with Crippen LogP contribution in [0.3, 0.4) is 0 Å². The topological polar surface area (TPSA) is 39.1 Å². The normalized spacial score (nSPS) is 15.8. The zero-order valence-electron chi connectivity index (χ0n) is 19.1. The molecule has 0 spiro atoms. The number of Topliss-reactive ketones (excluding diaryl/α,β-unsaturated/α-hetero) is 2. The number of hydrogen-bond acceptors (Lipinski definition) is 2. The summed E-state index contributed by atoms with van der Waals surface area (Å²) in [5.41, 5.74) is 7.58. The molecular formula is C30H21NO2Se. The molecule has 0 radical (unpaired) electrons. The van der Waals surface area contributed by atoms with E-state index >= 15 is 0 Å². The van der Waals surface area contributed by atoms with E-state index < -0.39 is 0 Å². The van der Waals surface area contributed by atoms with Gasteiger partial charge in [0.2, 0.25) is 0 Å². The molecule has 0 unspecified atom stereocenters. The molecule has 0 N–H and O–H groups in total. The van der Waals surface area contributed by atoms with Crippen molar-refractivity contribution in [2.45, 2.75) is 26.2 Å². The van der Waals surface area contributed by atoms with E-state index in [2.05, 4.69) is 67.8 Å². The number of ketones is 2. The number of aryl methyl sites for hydroxylation is 1. The van der Waals surface area contributed by atoms with Crippen LogP contribution in [0.5, 0.6) is 0 Å². The Labute approximate surface area is 203 Å². The van der Waals surface area contributed by atoms with Crippen molar-refractivity contribution in [3.05, 3.63) is 105 Å². The molecule has 0 saturated carbocycles. The molecule has 1 aliphatic carbocycles. The summed E-state index contributed by atoms with van der Waals surface area (Å²) in [5, 5.41) is 2.57. The van der Waals surface area contributed by atoms with Gasteiger partial charge in [-0.3, -0.25) is 0 Å². The van der Waals surface area contributed by atoms with Crippen LogP contribution in [0.15, 0.2) is 72.3 Å². The van der Waals surface area contributed by atoms with Crippen molar-refractivity contribution in [2.24, 2.45) is 0 Å². The van der Waals surface area contributed by atoms with Crippen LogP contribution in [-0.4, -0.2) is 30.6 Å². The van der Waals surface area contributed by atoms with Crippen molar-refractivity contribution in [3.8, 4) is 4.56 Å². The van der Waals surface area contributed by atoms with Gasteiger partial charge in [-0.1, -0.05) is 0 Å². The van der Waals surface area contributed by atoms with Crippen LogP contribution in [0.25, 0.3) is 32.4 Å². The summed E-state index contributed by atoms with van der Waals surface area (Å²) in [6.07, 6.45) is 1.86. The van der Waals surface area contributed by atoms with E-state index in [0.717, 1.165) is 4.44 Å². The van der Waals surface area contributed by atoms with E-state index in [0.29, 0.717) is 16.7 Å². The number of para-hydroxylation sites is 2. The first-order valence-electron chi connectivity index (χ1n) is 11.5. The van der Waals surface area contributed by atoms with E-state index in [9.17, 15) is 9.59 Å². The fraction of sp³-hybridized carbons (Fsp3) is 0.133. The van der Waals surface area contributed by atoms with Crippen LogP contribution < -0.4 is 0 Å². The molecule has 0 bridgehead atoms. The second kappa shape index (κ2) is 6.56. The summed E-state index contributed by atoms with van der Waals surface area (Å²) >= 11 is -0.0242. The molecule has 3 aromatic carbocycles. The molecular weight excluding hydrogens is 485 g/mol. The minimum absolute atomic E-state index is 0.0242. The first-order chi connectivity index (χ1) is 16.4. The Morgan fingerprint density at radius 3 is 2.15 bits per heavy atom. The Morgan fingerprint density at radius 2 is 1.44 bits per heavy atom. The van der Waals surface area contributed by atoms with Crippen LogP contribution in [0.2, 0.25) is 0 Å². The van der Waals surface area contributed by atoms with Crippen LogP contribution in [0.1, 0.15) is 55.7 Å². The van der Waals surface area contributed by atoms with Crippen LogP contribution in [0, 0.1) is 6.92 Å². The molecule has 5 aromatic rings. The standard InChI is InChI=1S/C30H21NO2Se/c1-16-8-6-11-18-19-12-7-13-23-26(19)31(25(16)18)29-24(30(23,2)3)15-17(34-29)14-22-27(32)20-9-4-5-10-21(20)28(22)33/h4-15H,1-3H3. The monoisotopic (exact) mass is 507 g/mol. The molecule has 0 amide bonds. The SMILES string of the molecule is Cc1cccc2c3cccc4c3n(c12)-c1[se]c(C=C2C(=O)c3ccccc3C2=O)cc1C4(C)C. The zero-order chi connectivity index (χ0) is 23.4. The average Bonchev–Trinajstić information content (AvgIpc) is 3.48. The van der Waals surface area contributed by atoms with Crippen molar-refractivity contribution in [2.75, 3.05) is 0 Å². The molecule has 7 rings (SSSR count). The van der Waals surface area contributed by atoms with Gasteiger partial charge < -0.3 is 0 Å². The predicted octanol–water partition coefficient (Wildman–Crippen LogP) is 6.25. The molecule has 3 nitrogen and oxygen atoms in total. The Morgan fingerprint density at radius 1 is 0.794 bits per heavy atom. The molecule has 34 heavy (non-hydrogen) atoms. The van der Waals surface area contributed by atoms with Crippen molar-refractivity contribution in [3.63, 3.8) is 0 Å². The third kappa shape index (κ3) is 2.37. The second-order valence-electron chi connectivity index (χ2n) is 9.76. The predicted molar refractivity (Wildman–Crippen MR) is 138 cm³/mol. The number of aromatic nitrogens is 1. The molecule has 1 aliphatic heterocycles. The number of fused-ring (bicyclic) bond motifs is 6. The Kier molecular flexibility index (Phi) is 3.85. The van der Waals surface area contributed by atoms with E-state index in [1.807, 2.05) is 18.2 Å². The molecule has 3 heterocycles. The van der Waals surface area contributed by atoms with Gasteiger partial charge in [-0.25, -0.2) is 0 Å². The summed E-state index contributed by atoms with van der Waals surface area (Å²) in [4.78, 5) is 26.0. The number of carbonyl (C=O) groups is 2. The van der Waals surface area contributed by atoms with Crippen molar-refractivity contribution in [1.82, 2.24) is 4.57 Å². The van der Waals surface area contributed by atoms with Gasteiger partial charge in [0.15, 0.2) is 0 Å². The van der Waals surface area contributed by atoms with E-state index in [4.69, 9.17) is 0 Å². The summed E-state index contributed by atoms with van der Waals surface area (Å²) in [7, 11) is 0. The molecule has 0 saturated heterocycles.